The second-order valence-corrected chi connectivity index (χ2v) is 5.86. The molecule has 0 amide bonds. The van der Waals surface area contributed by atoms with Gasteiger partial charge in [0.05, 0.1) is 12.3 Å². The van der Waals surface area contributed by atoms with E-state index in [4.69, 9.17) is 5.11 Å². The first-order valence-corrected chi connectivity index (χ1v) is 7.79. The zero-order chi connectivity index (χ0) is 13.8. The number of hydrogen-bond donors (Lipinski definition) is 1. The Labute approximate surface area is 123 Å². The van der Waals surface area contributed by atoms with Gasteiger partial charge in [-0.2, -0.15) is 0 Å². The lowest BCUT2D eigenvalue weighted by molar-refractivity contribution is 0.249. The van der Waals surface area contributed by atoms with Crippen LogP contribution in [0.3, 0.4) is 0 Å². The Bertz CT molecular complexity index is 535. The number of aliphatic hydroxyl groups excluding tert-OH is 1. The fourth-order valence-electron chi connectivity index (χ4n) is 2.45. The highest BCUT2D eigenvalue weighted by molar-refractivity contribution is 7.13. The molecule has 0 aliphatic carbocycles. The van der Waals surface area contributed by atoms with Gasteiger partial charge in [0.1, 0.15) is 0 Å². The van der Waals surface area contributed by atoms with Crippen LogP contribution in [0.5, 0.6) is 0 Å². The minimum absolute atomic E-state index is 0.0322. The van der Waals surface area contributed by atoms with E-state index in [1.54, 1.807) is 11.3 Å². The highest BCUT2D eigenvalue weighted by atomic mass is 32.1. The molecule has 0 spiro atoms. The summed E-state index contributed by atoms with van der Waals surface area (Å²) in [6.07, 6.45) is 0. The van der Waals surface area contributed by atoms with Crippen LogP contribution in [0, 0.1) is 0 Å². The van der Waals surface area contributed by atoms with Gasteiger partial charge in [0, 0.05) is 38.1 Å². The van der Waals surface area contributed by atoms with Gasteiger partial charge in [0.2, 0.25) is 0 Å². The largest absolute Gasteiger partial charge is 0.390 e. The lowest BCUT2D eigenvalue weighted by Crippen LogP contribution is -2.45. The predicted molar refractivity (Wildman–Crippen MR) is 82.0 cm³/mol. The van der Waals surface area contributed by atoms with E-state index in [0.717, 1.165) is 43.5 Å². The van der Waals surface area contributed by atoms with Crippen molar-refractivity contribution >= 4 is 16.5 Å². The Morgan fingerprint density at radius 3 is 2.50 bits per heavy atom. The van der Waals surface area contributed by atoms with E-state index < -0.39 is 0 Å². The summed E-state index contributed by atoms with van der Waals surface area (Å²) in [5.41, 5.74) is 2.15. The first-order chi connectivity index (χ1) is 9.85. The summed E-state index contributed by atoms with van der Waals surface area (Å²) in [4.78, 5) is 9.23. The molecule has 1 saturated heterocycles. The van der Waals surface area contributed by atoms with Gasteiger partial charge in [0.25, 0.3) is 0 Å². The third-order valence-corrected chi connectivity index (χ3v) is 4.54. The zero-order valence-electron chi connectivity index (χ0n) is 11.4. The van der Waals surface area contributed by atoms with E-state index in [-0.39, 0.29) is 6.61 Å². The summed E-state index contributed by atoms with van der Waals surface area (Å²) >= 11 is 1.62. The maximum Gasteiger partial charge on any atom is 0.185 e. The summed E-state index contributed by atoms with van der Waals surface area (Å²) in [7, 11) is 0. The molecule has 1 aliphatic rings. The van der Waals surface area contributed by atoms with E-state index in [2.05, 4.69) is 45.1 Å². The van der Waals surface area contributed by atoms with Gasteiger partial charge < -0.3 is 10.0 Å². The molecule has 20 heavy (non-hydrogen) atoms. The number of piperazine rings is 1. The Kier molecular flexibility index (Phi) is 4.30. The van der Waals surface area contributed by atoms with Gasteiger partial charge in [0.15, 0.2) is 5.13 Å². The number of aromatic nitrogens is 1. The summed E-state index contributed by atoms with van der Waals surface area (Å²) in [6, 6.07) is 10.6. The number of aliphatic hydroxyl groups is 1. The standard InChI is InChI=1S/C15H19N3OS/c19-11-14-12-20-15(16-14)18-8-6-17(7-9-18)10-13-4-2-1-3-5-13/h1-5,12,19H,6-11H2. The summed E-state index contributed by atoms with van der Waals surface area (Å²) in [6.45, 7) is 5.18. The van der Waals surface area contributed by atoms with Crippen molar-refractivity contribution in [1.82, 2.24) is 9.88 Å². The van der Waals surface area contributed by atoms with Crippen molar-refractivity contribution in [1.29, 1.82) is 0 Å². The van der Waals surface area contributed by atoms with E-state index in [9.17, 15) is 0 Å². The molecule has 106 valence electrons. The summed E-state index contributed by atoms with van der Waals surface area (Å²) < 4.78 is 0. The van der Waals surface area contributed by atoms with Crippen LogP contribution in [-0.2, 0) is 13.2 Å². The molecule has 5 heteroatoms. The van der Waals surface area contributed by atoms with Crippen LogP contribution in [0.15, 0.2) is 35.7 Å². The Morgan fingerprint density at radius 1 is 1.10 bits per heavy atom. The van der Waals surface area contributed by atoms with E-state index in [1.165, 1.54) is 5.56 Å². The second-order valence-electron chi connectivity index (χ2n) is 5.03. The molecule has 0 radical (unpaired) electrons. The molecular weight excluding hydrogens is 270 g/mol. The maximum absolute atomic E-state index is 9.07. The number of rotatable bonds is 4. The van der Waals surface area contributed by atoms with Gasteiger partial charge in [-0.3, -0.25) is 4.90 Å². The molecule has 2 aromatic rings. The molecule has 1 fully saturated rings. The minimum atomic E-state index is 0.0322. The monoisotopic (exact) mass is 289 g/mol. The average Bonchev–Trinajstić information content (AvgIpc) is 2.98. The smallest absolute Gasteiger partial charge is 0.185 e. The predicted octanol–water partition coefficient (Wildman–Crippen LogP) is 1.96. The maximum atomic E-state index is 9.07. The van der Waals surface area contributed by atoms with Gasteiger partial charge >= 0.3 is 0 Å². The Balaban J connectivity index is 1.54. The van der Waals surface area contributed by atoms with Crippen LogP contribution < -0.4 is 4.90 Å². The molecule has 0 atom stereocenters. The number of hydrogen-bond acceptors (Lipinski definition) is 5. The van der Waals surface area contributed by atoms with Crippen LogP contribution >= 0.6 is 11.3 Å². The topological polar surface area (TPSA) is 39.6 Å². The van der Waals surface area contributed by atoms with E-state index in [1.807, 2.05) is 5.38 Å². The fourth-order valence-corrected chi connectivity index (χ4v) is 3.32. The summed E-state index contributed by atoms with van der Waals surface area (Å²) in [5, 5.41) is 12.0. The van der Waals surface area contributed by atoms with Crippen LogP contribution in [0.2, 0.25) is 0 Å². The van der Waals surface area contributed by atoms with Crippen molar-refractivity contribution in [2.24, 2.45) is 0 Å². The van der Waals surface area contributed by atoms with Gasteiger partial charge in [-0.25, -0.2) is 4.98 Å². The van der Waals surface area contributed by atoms with Gasteiger partial charge in [-0.15, -0.1) is 11.3 Å². The van der Waals surface area contributed by atoms with Gasteiger partial charge in [-0.1, -0.05) is 30.3 Å². The molecule has 3 rings (SSSR count). The quantitative estimate of drug-likeness (QED) is 0.934. The molecule has 4 nitrogen and oxygen atoms in total. The molecule has 1 aromatic carbocycles. The lowest BCUT2D eigenvalue weighted by Gasteiger charge is -2.34. The van der Waals surface area contributed by atoms with Crippen molar-refractivity contribution in [2.45, 2.75) is 13.2 Å². The molecule has 2 heterocycles. The third kappa shape index (κ3) is 3.17. The van der Waals surface area contributed by atoms with Crippen LogP contribution in [0.4, 0.5) is 5.13 Å². The van der Waals surface area contributed by atoms with E-state index >= 15 is 0 Å². The highest BCUT2D eigenvalue weighted by Gasteiger charge is 2.19. The Hall–Kier alpha value is -1.43. The van der Waals surface area contributed by atoms with Crippen molar-refractivity contribution in [2.75, 3.05) is 31.1 Å². The van der Waals surface area contributed by atoms with Crippen molar-refractivity contribution in [3.05, 3.63) is 47.0 Å². The SMILES string of the molecule is OCc1csc(N2CCN(Cc3ccccc3)CC2)n1. The normalized spacial score (nSPS) is 16.6. The fraction of sp³-hybridized carbons (Fsp3) is 0.400. The number of nitrogens with zero attached hydrogens (tertiary/aromatic N) is 3. The molecule has 0 saturated carbocycles. The van der Waals surface area contributed by atoms with Crippen molar-refractivity contribution in [3.8, 4) is 0 Å². The molecule has 0 unspecified atom stereocenters. The average molecular weight is 289 g/mol. The van der Waals surface area contributed by atoms with Crippen molar-refractivity contribution in [3.63, 3.8) is 0 Å². The number of anilines is 1. The second kappa shape index (κ2) is 6.35. The molecule has 0 bridgehead atoms. The van der Waals surface area contributed by atoms with Crippen LogP contribution in [-0.4, -0.2) is 41.2 Å². The molecule has 1 N–H and O–H groups in total. The Morgan fingerprint density at radius 2 is 1.85 bits per heavy atom. The first-order valence-electron chi connectivity index (χ1n) is 6.91. The van der Waals surface area contributed by atoms with Crippen LogP contribution in [0.1, 0.15) is 11.3 Å². The van der Waals surface area contributed by atoms with Gasteiger partial charge in [-0.05, 0) is 5.56 Å². The molecular formula is C15H19N3OS. The van der Waals surface area contributed by atoms with E-state index in [0.29, 0.717) is 0 Å². The number of thiazole rings is 1. The minimum Gasteiger partial charge on any atom is -0.390 e. The first kappa shape index (κ1) is 13.5. The number of benzene rings is 1. The molecule has 1 aromatic heterocycles. The zero-order valence-corrected chi connectivity index (χ0v) is 12.2. The summed E-state index contributed by atoms with van der Waals surface area (Å²) in [5.74, 6) is 0. The lowest BCUT2D eigenvalue weighted by atomic mass is 10.2. The molecule has 1 aliphatic heterocycles. The highest BCUT2D eigenvalue weighted by Crippen LogP contribution is 2.22. The third-order valence-electron chi connectivity index (χ3n) is 3.59. The van der Waals surface area contributed by atoms with Crippen LogP contribution in [0.25, 0.3) is 0 Å². The van der Waals surface area contributed by atoms with Crippen molar-refractivity contribution < 1.29 is 5.11 Å².